The van der Waals surface area contributed by atoms with Crippen molar-refractivity contribution in [2.45, 2.75) is 38.2 Å². The normalized spacial score (nSPS) is 26.5. The van der Waals surface area contributed by atoms with Crippen molar-refractivity contribution in [3.63, 3.8) is 0 Å². The zero-order chi connectivity index (χ0) is 11.5. The van der Waals surface area contributed by atoms with E-state index in [4.69, 9.17) is 9.26 Å². The molecule has 1 aromatic rings. The van der Waals surface area contributed by atoms with Crippen LogP contribution < -0.4 is 5.32 Å². The van der Waals surface area contributed by atoms with Crippen molar-refractivity contribution in [1.82, 2.24) is 15.5 Å². The summed E-state index contributed by atoms with van der Waals surface area (Å²) in [6.45, 7) is 2.41. The molecule has 5 nitrogen and oxygen atoms in total. The number of morpholine rings is 1. The van der Waals surface area contributed by atoms with Gasteiger partial charge in [0.1, 0.15) is 6.10 Å². The summed E-state index contributed by atoms with van der Waals surface area (Å²) >= 11 is 0. The quantitative estimate of drug-likeness (QED) is 0.862. The lowest BCUT2D eigenvalue weighted by atomic mass is 10.0. The first-order valence-corrected chi connectivity index (χ1v) is 6.56. The fourth-order valence-corrected chi connectivity index (χ4v) is 2.67. The van der Waals surface area contributed by atoms with Crippen molar-refractivity contribution in [3.05, 3.63) is 11.7 Å². The van der Waals surface area contributed by atoms with Crippen LogP contribution in [0.5, 0.6) is 0 Å². The van der Waals surface area contributed by atoms with E-state index in [1.807, 2.05) is 0 Å². The fourth-order valence-electron chi connectivity index (χ4n) is 2.67. The Bertz CT molecular complexity index is 354. The molecule has 5 heteroatoms. The Kier molecular flexibility index (Phi) is 3.38. The Balaban J connectivity index is 1.60. The number of hydrogen-bond donors (Lipinski definition) is 1. The van der Waals surface area contributed by atoms with E-state index in [0.29, 0.717) is 5.82 Å². The van der Waals surface area contributed by atoms with Gasteiger partial charge in [-0.15, -0.1) is 0 Å². The molecule has 1 unspecified atom stereocenters. The van der Waals surface area contributed by atoms with Gasteiger partial charge in [0.2, 0.25) is 11.7 Å². The van der Waals surface area contributed by atoms with Gasteiger partial charge in [0, 0.05) is 19.5 Å². The molecule has 1 aliphatic carbocycles. The summed E-state index contributed by atoms with van der Waals surface area (Å²) in [5, 5.41) is 7.30. The number of ether oxygens (including phenoxy) is 1. The molecule has 1 atom stereocenters. The molecular formula is C12H19N3O2. The van der Waals surface area contributed by atoms with Crippen molar-refractivity contribution in [1.29, 1.82) is 0 Å². The minimum atomic E-state index is -0.0372. The van der Waals surface area contributed by atoms with Gasteiger partial charge in [-0.2, -0.15) is 4.98 Å². The zero-order valence-electron chi connectivity index (χ0n) is 10.0. The Hall–Kier alpha value is -0.940. The number of rotatable bonds is 3. The van der Waals surface area contributed by atoms with E-state index in [2.05, 4.69) is 15.5 Å². The third-order valence-electron chi connectivity index (χ3n) is 3.64. The molecule has 1 saturated carbocycles. The first kappa shape index (κ1) is 11.2. The predicted molar refractivity (Wildman–Crippen MR) is 61.5 cm³/mol. The van der Waals surface area contributed by atoms with E-state index in [0.717, 1.165) is 37.9 Å². The number of nitrogens with one attached hydrogen (secondary N) is 1. The van der Waals surface area contributed by atoms with Crippen molar-refractivity contribution in [2.75, 3.05) is 19.7 Å². The van der Waals surface area contributed by atoms with E-state index in [1.54, 1.807) is 0 Å². The van der Waals surface area contributed by atoms with E-state index >= 15 is 0 Å². The highest BCUT2D eigenvalue weighted by atomic mass is 16.5. The maximum absolute atomic E-state index is 5.60. The second-order valence-electron chi connectivity index (χ2n) is 4.96. The molecule has 2 aliphatic rings. The maximum Gasteiger partial charge on any atom is 0.227 e. The third kappa shape index (κ3) is 2.66. The van der Waals surface area contributed by atoms with Crippen molar-refractivity contribution in [2.24, 2.45) is 5.92 Å². The summed E-state index contributed by atoms with van der Waals surface area (Å²) in [7, 11) is 0. The van der Waals surface area contributed by atoms with Crippen molar-refractivity contribution < 1.29 is 9.26 Å². The Morgan fingerprint density at radius 1 is 1.29 bits per heavy atom. The second-order valence-corrected chi connectivity index (χ2v) is 4.96. The lowest BCUT2D eigenvalue weighted by molar-refractivity contribution is 0.0208. The maximum atomic E-state index is 5.60. The molecule has 0 aromatic carbocycles. The van der Waals surface area contributed by atoms with Gasteiger partial charge in [-0.05, 0) is 18.8 Å². The second kappa shape index (κ2) is 5.14. The van der Waals surface area contributed by atoms with Gasteiger partial charge < -0.3 is 14.6 Å². The van der Waals surface area contributed by atoms with Gasteiger partial charge in [-0.1, -0.05) is 18.0 Å². The molecule has 1 N–H and O–H groups in total. The average Bonchev–Trinajstić information content (AvgIpc) is 3.02. The van der Waals surface area contributed by atoms with Crippen LogP contribution in [0.2, 0.25) is 0 Å². The largest absolute Gasteiger partial charge is 0.367 e. The van der Waals surface area contributed by atoms with Gasteiger partial charge in [0.05, 0.1) is 6.61 Å². The molecule has 0 amide bonds. The standard InChI is InChI=1S/C12H19N3O2/c1-2-4-9(3-1)7-11-14-12(15-17-11)10-8-13-5-6-16-10/h9-10,13H,1-8H2. The number of aromatic nitrogens is 2. The van der Waals surface area contributed by atoms with Crippen LogP contribution in [0.3, 0.4) is 0 Å². The molecule has 0 radical (unpaired) electrons. The van der Waals surface area contributed by atoms with Crippen LogP contribution in [0.1, 0.15) is 43.5 Å². The molecule has 1 aromatic heterocycles. The van der Waals surface area contributed by atoms with Crippen LogP contribution in [0.15, 0.2) is 4.52 Å². The van der Waals surface area contributed by atoms with Crippen LogP contribution in [0.25, 0.3) is 0 Å². The minimum Gasteiger partial charge on any atom is -0.367 e. The minimum absolute atomic E-state index is 0.0372. The highest BCUT2D eigenvalue weighted by molar-refractivity contribution is 4.94. The molecule has 0 spiro atoms. The van der Waals surface area contributed by atoms with Crippen LogP contribution in [0.4, 0.5) is 0 Å². The summed E-state index contributed by atoms with van der Waals surface area (Å²) < 4.78 is 10.9. The van der Waals surface area contributed by atoms with Crippen LogP contribution in [-0.2, 0) is 11.2 Å². The van der Waals surface area contributed by atoms with Crippen LogP contribution >= 0.6 is 0 Å². The van der Waals surface area contributed by atoms with Crippen LogP contribution in [-0.4, -0.2) is 29.8 Å². The Morgan fingerprint density at radius 3 is 2.94 bits per heavy atom. The van der Waals surface area contributed by atoms with Gasteiger partial charge in [-0.25, -0.2) is 0 Å². The highest BCUT2D eigenvalue weighted by Gasteiger charge is 2.23. The van der Waals surface area contributed by atoms with Gasteiger partial charge in [0.25, 0.3) is 0 Å². The van der Waals surface area contributed by atoms with Crippen LogP contribution in [0, 0.1) is 5.92 Å². The zero-order valence-corrected chi connectivity index (χ0v) is 10.0. The lowest BCUT2D eigenvalue weighted by Crippen LogP contribution is -2.33. The summed E-state index contributed by atoms with van der Waals surface area (Å²) in [5.74, 6) is 2.22. The third-order valence-corrected chi connectivity index (χ3v) is 3.64. The summed E-state index contributed by atoms with van der Waals surface area (Å²) in [6, 6.07) is 0. The molecule has 17 heavy (non-hydrogen) atoms. The van der Waals surface area contributed by atoms with E-state index < -0.39 is 0 Å². The van der Waals surface area contributed by atoms with E-state index in [9.17, 15) is 0 Å². The molecule has 1 aliphatic heterocycles. The summed E-state index contributed by atoms with van der Waals surface area (Å²) in [6.07, 6.45) is 6.21. The molecule has 2 heterocycles. The smallest absolute Gasteiger partial charge is 0.227 e. The molecule has 0 bridgehead atoms. The predicted octanol–water partition coefficient (Wildman–Crippen LogP) is 1.46. The molecule has 2 fully saturated rings. The molecular weight excluding hydrogens is 218 g/mol. The van der Waals surface area contributed by atoms with Gasteiger partial charge in [0.15, 0.2) is 0 Å². The fraction of sp³-hybridized carbons (Fsp3) is 0.833. The average molecular weight is 237 g/mol. The van der Waals surface area contributed by atoms with Crippen molar-refractivity contribution >= 4 is 0 Å². The number of hydrogen-bond acceptors (Lipinski definition) is 5. The van der Waals surface area contributed by atoms with Gasteiger partial charge >= 0.3 is 0 Å². The van der Waals surface area contributed by atoms with E-state index in [1.165, 1.54) is 25.7 Å². The van der Waals surface area contributed by atoms with Gasteiger partial charge in [-0.3, -0.25) is 0 Å². The van der Waals surface area contributed by atoms with E-state index in [-0.39, 0.29) is 6.10 Å². The Labute approximate surface area is 101 Å². The topological polar surface area (TPSA) is 60.2 Å². The highest BCUT2D eigenvalue weighted by Crippen LogP contribution is 2.28. The first-order valence-electron chi connectivity index (χ1n) is 6.56. The van der Waals surface area contributed by atoms with Crippen molar-refractivity contribution in [3.8, 4) is 0 Å². The Morgan fingerprint density at radius 2 is 2.18 bits per heavy atom. The monoisotopic (exact) mass is 237 g/mol. The molecule has 3 rings (SSSR count). The SMILES string of the molecule is C1CCC(Cc2nc(C3CNCCO3)no2)C1. The summed E-state index contributed by atoms with van der Waals surface area (Å²) in [5.41, 5.74) is 0. The number of nitrogens with zero attached hydrogens (tertiary/aromatic N) is 2. The lowest BCUT2D eigenvalue weighted by Gasteiger charge is -2.20. The first-order chi connectivity index (χ1) is 8.42. The molecule has 1 saturated heterocycles. The molecule has 94 valence electrons. The summed E-state index contributed by atoms with van der Waals surface area (Å²) in [4.78, 5) is 4.45.